The highest BCUT2D eigenvalue weighted by atomic mass is 32.2. The number of anilines is 2. The summed E-state index contributed by atoms with van der Waals surface area (Å²) in [6.45, 7) is 4.60. The summed E-state index contributed by atoms with van der Waals surface area (Å²) in [5, 5.41) is 7.35. The SMILES string of the molecule is CS(=O)(=O)c1ccc(NCC#Cc2cc3c(NC4CCN(CCN5CCC(C(N)=O)CC5)CC4)cccc3n2CC(F)(F)F)cc1. The molecule has 0 saturated carbocycles. The fourth-order valence-electron chi connectivity index (χ4n) is 6.21. The van der Waals surface area contributed by atoms with Crippen LogP contribution in [0.1, 0.15) is 31.4 Å². The van der Waals surface area contributed by atoms with Gasteiger partial charge in [0, 0.05) is 61.2 Å². The number of carbonyl (C=O) groups is 1. The van der Waals surface area contributed by atoms with Crippen molar-refractivity contribution in [2.75, 3.05) is 62.7 Å². The normalized spacial score (nSPS) is 17.5. The van der Waals surface area contributed by atoms with Crippen molar-refractivity contribution in [1.29, 1.82) is 0 Å². The van der Waals surface area contributed by atoms with Crippen molar-refractivity contribution < 1.29 is 26.4 Å². The molecule has 3 aromatic rings. The molecular formula is C33H41F3N6O3S. The summed E-state index contributed by atoms with van der Waals surface area (Å²) in [5.74, 6) is 5.62. The molecule has 0 spiro atoms. The molecule has 1 amide bonds. The Hall–Kier alpha value is -3.73. The fraction of sp³-hybridized carbons (Fsp3) is 0.485. The number of nitrogens with one attached hydrogen (secondary N) is 2. The molecular weight excluding hydrogens is 617 g/mol. The van der Waals surface area contributed by atoms with Crippen molar-refractivity contribution in [3.8, 4) is 11.8 Å². The Labute approximate surface area is 268 Å². The van der Waals surface area contributed by atoms with Gasteiger partial charge in [-0.05, 0) is 87.2 Å². The lowest BCUT2D eigenvalue weighted by molar-refractivity contribution is -0.140. The minimum atomic E-state index is -4.42. The number of hydrogen-bond acceptors (Lipinski definition) is 7. The lowest BCUT2D eigenvalue weighted by Gasteiger charge is -2.36. The molecule has 4 N–H and O–H groups in total. The smallest absolute Gasteiger partial charge is 0.382 e. The average Bonchev–Trinajstić information content (AvgIpc) is 3.35. The molecule has 2 aliphatic rings. The summed E-state index contributed by atoms with van der Waals surface area (Å²) >= 11 is 0. The van der Waals surface area contributed by atoms with Crippen molar-refractivity contribution in [2.45, 2.75) is 49.3 Å². The maximum absolute atomic E-state index is 13.6. The Balaban J connectivity index is 1.20. The van der Waals surface area contributed by atoms with Crippen LogP contribution in [0.3, 0.4) is 0 Å². The van der Waals surface area contributed by atoms with E-state index in [1.165, 1.54) is 16.7 Å². The van der Waals surface area contributed by atoms with Crippen LogP contribution in [0.15, 0.2) is 53.4 Å². The zero-order valence-electron chi connectivity index (χ0n) is 25.9. The first-order valence-electron chi connectivity index (χ1n) is 15.6. The highest BCUT2D eigenvalue weighted by Crippen LogP contribution is 2.31. The van der Waals surface area contributed by atoms with Crippen LogP contribution in [0.5, 0.6) is 0 Å². The van der Waals surface area contributed by atoms with Crippen LogP contribution in [-0.2, 0) is 21.2 Å². The van der Waals surface area contributed by atoms with Crippen LogP contribution < -0.4 is 16.4 Å². The summed E-state index contributed by atoms with van der Waals surface area (Å²) < 4.78 is 65.4. The van der Waals surface area contributed by atoms with E-state index in [2.05, 4.69) is 32.3 Å². The molecule has 2 aliphatic heterocycles. The van der Waals surface area contributed by atoms with Gasteiger partial charge in [-0.15, -0.1) is 0 Å². The number of likely N-dealkylation sites (tertiary alicyclic amines) is 2. The zero-order valence-corrected chi connectivity index (χ0v) is 26.8. The Bertz CT molecular complexity index is 1680. The van der Waals surface area contributed by atoms with E-state index in [-0.39, 0.29) is 35.0 Å². The summed E-state index contributed by atoms with van der Waals surface area (Å²) in [6, 6.07) is 13.5. The van der Waals surface area contributed by atoms with Crippen LogP contribution in [0.25, 0.3) is 10.9 Å². The first-order chi connectivity index (χ1) is 21.9. The van der Waals surface area contributed by atoms with E-state index in [1.54, 1.807) is 30.3 Å². The molecule has 9 nitrogen and oxygen atoms in total. The van der Waals surface area contributed by atoms with Gasteiger partial charge < -0.3 is 30.7 Å². The van der Waals surface area contributed by atoms with Gasteiger partial charge in [0.15, 0.2) is 9.84 Å². The second-order valence-electron chi connectivity index (χ2n) is 12.2. The first-order valence-corrected chi connectivity index (χ1v) is 17.5. The molecule has 3 heterocycles. The summed E-state index contributed by atoms with van der Waals surface area (Å²) in [6.07, 6.45) is 0.208. The average molecular weight is 659 g/mol. The molecule has 248 valence electrons. The van der Waals surface area contributed by atoms with Gasteiger partial charge in [0.25, 0.3) is 0 Å². The van der Waals surface area contributed by atoms with Crippen molar-refractivity contribution in [1.82, 2.24) is 14.4 Å². The van der Waals surface area contributed by atoms with Gasteiger partial charge >= 0.3 is 6.18 Å². The van der Waals surface area contributed by atoms with Crippen molar-refractivity contribution in [3.63, 3.8) is 0 Å². The van der Waals surface area contributed by atoms with Gasteiger partial charge in [-0.1, -0.05) is 12.0 Å². The number of amides is 1. The van der Waals surface area contributed by atoms with E-state index in [0.717, 1.165) is 76.9 Å². The molecule has 0 aliphatic carbocycles. The highest BCUT2D eigenvalue weighted by molar-refractivity contribution is 7.90. The molecule has 13 heteroatoms. The summed E-state index contributed by atoms with van der Waals surface area (Å²) in [7, 11) is -3.31. The van der Waals surface area contributed by atoms with E-state index in [1.807, 2.05) is 6.07 Å². The molecule has 0 unspecified atom stereocenters. The topological polar surface area (TPSA) is 113 Å². The minimum Gasteiger partial charge on any atom is -0.382 e. The van der Waals surface area contributed by atoms with E-state index < -0.39 is 22.6 Å². The third-order valence-electron chi connectivity index (χ3n) is 8.83. The summed E-state index contributed by atoms with van der Waals surface area (Å²) in [5.41, 5.74) is 7.63. The molecule has 2 saturated heterocycles. The monoisotopic (exact) mass is 658 g/mol. The zero-order chi connectivity index (χ0) is 32.9. The van der Waals surface area contributed by atoms with Gasteiger partial charge in [-0.2, -0.15) is 13.2 Å². The predicted molar refractivity (Wildman–Crippen MR) is 174 cm³/mol. The van der Waals surface area contributed by atoms with E-state index in [9.17, 15) is 26.4 Å². The maximum atomic E-state index is 13.6. The number of carbonyl (C=O) groups excluding carboxylic acids is 1. The van der Waals surface area contributed by atoms with Crippen LogP contribution in [0.4, 0.5) is 24.5 Å². The number of nitrogens with two attached hydrogens (primary N) is 1. The van der Waals surface area contributed by atoms with Crippen molar-refractivity contribution in [3.05, 3.63) is 54.2 Å². The lowest BCUT2D eigenvalue weighted by Crippen LogP contribution is -2.45. The Morgan fingerprint density at radius 3 is 2.20 bits per heavy atom. The maximum Gasteiger partial charge on any atom is 0.406 e. The van der Waals surface area contributed by atoms with Gasteiger partial charge in [0.1, 0.15) is 6.54 Å². The summed E-state index contributed by atoms with van der Waals surface area (Å²) in [4.78, 5) is 16.5. The van der Waals surface area contributed by atoms with Crippen molar-refractivity contribution in [2.24, 2.45) is 11.7 Å². The van der Waals surface area contributed by atoms with Gasteiger partial charge in [0.05, 0.1) is 22.7 Å². The molecule has 2 aromatic carbocycles. The van der Waals surface area contributed by atoms with Crippen LogP contribution in [-0.4, -0.2) is 93.0 Å². The third-order valence-corrected chi connectivity index (χ3v) is 9.96. The number of fused-ring (bicyclic) bond motifs is 1. The van der Waals surface area contributed by atoms with Gasteiger partial charge in [0.2, 0.25) is 5.91 Å². The van der Waals surface area contributed by atoms with Crippen LogP contribution in [0, 0.1) is 17.8 Å². The lowest BCUT2D eigenvalue weighted by atomic mass is 9.96. The quantitative estimate of drug-likeness (QED) is 0.281. The minimum absolute atomic E-state index is 0.00612. The number of primary amides is 1. The molecule has 46 heavy (non-hydrogen) atoms. The van der Waals surface area contributed by atoms with E-state index in [0.29, 0.717) is 16.6 Å². The Morgan fingerprint density at radius 2 is 1.61 bits per heavy atom. The largest absolute Gasteiger partial charge is 0.406 e. The van der Waals surface area contributed by atoms with E-state index >= 15 is 0 Å². The standard InChI is InChI=1S/C33H41F3N6O3S/c1-46(44,45)28-9-7-25(8-10-28)38-15-3-4-27-22-29-30(5-2-6-31(29)42(27)23-33(34,35)36)39-26-13-18-41(19-14-26)21-20-40-16-11-24(12-17-40)32(37)43/h2,5-10,22,24,26,38-39H,11-21,23H2,1H3,(H2,37,43). The predicted octanol–water partition coefficient (Wildman–Crippen LogP) is 4.14. The number of aromatic nitrogens is 1. The second-order valence-corrected chi connectivity index (χ2v) is 14.2. The molecule has 0 radical (unpaired) electrons. The molecule has 2 fully saturated rings. The van der Waals surface area contributed by atoms with Crippen molar-refractivity contribution >= 4 is 38.0 Å². The number of rotatable bonds is 10. The Kier molecular flexibility index (Phi) is 10.5. The number of hydrogen-bond donors (Lipinski definition) is 3. The third kappa shape index (κ3) is 8.96. The number of halogens is 3. The van der Waals surface area contributed by atoms with Crippen LogP contribution >= 0.6 is 0 Å². The fourth-order valence-corrected chi connectivity index (χ4v) is 6.84. The number of sulfone groups is 1. The van der Waals surface area contributed by atoms with Gasteiger partial charge in [-0.25, -0.2) is 8.42 Å². The number of piperidine rings is 2. The molecule has 1 aromatic heterocycles. The number of nitrogens with zero attached hydrogens (tertiary/aromatic N) is 3. The Morgan fingerprint density at radius 1 is 0.978 bits per heavy atom. The molecule has 0 atom stereocenters. The molecule has 0 bridgehead atoms. The van der Waals surface area contributed by atoms with E-state index in [4.69, 9.17) is 5.73 Å². The number of alkyl halides is 3. The number of benzene rings is 2. The van der Waals surface area contributed by atoms with Crippen LogP contribution in [0.2, 0.25) is 0 Å². The highest BCUT2D eigenvalue weighted by Gasteiger charge is 2.30. The first kappa shape index (κ1) is 33.6. The van der Waals surface area contributed by atoms with Gasteiger partial charge in [-0.3, -0.25) is 4.79 Å². The molecule has 5 rings (SSSR count). The second kappa shape index (κ2) is 14.4.